The second-order valence-corrected chi connectivity index (χ2v) is 7.16. The van der Waals surface area contributed by atoms with Crippen LogP contribution in [0.5, 0.6) is 5.75 Å². The number of methoxy groups -OCH3 is 1. The molecule has 0 radical (unpaired) electrons. The predicted molar refractivity (Wildman–Crippen MR) is 104 cm³/mol. The normalized spacial score (nSPS) is 15.1. The second kappa shape index (κ2) is 6.58. The summed E-state index contributed by atoms with van der Waals surface area (Å²) in [6.07, 6.45) is 6.93. The van der Waals surface area contributed by atoms with Gasteiger partial charge in [-0.05, 0) is 65.8 Å². The van der Waals surface area contributed by atoms with E-state index in [-0.39, 0.29) is 0 Å². The monoisotopic (exact) mass is 434 g/mol. The molecular weight excluding hydrogens is 415 g/mol. The summed E-state index contributed by atoms with van der Waals surface area (Å²) in [4.78, 5) is 4.52. The number of hydrogen-bond donors (Lipinski definition) is 1. The maximum atomic E-state index is 5.24. The fraction of sp³-hybridized carbons (Fsp3) is 0.333. The van der Waals surface area contributed by atoms with Crippen LogP contribution in [0.3, 0.4) is 0 Å². The minimum Gasteiger partial charge on any atom is -0.497 e. The summed E-state index contributed by atoms with van der Waals surface area (Å²) in [5.41, 5.74) is 2.91. The molecule has 0 spiro atoms. The number of nitrogens with zero attached hydrogens (tertiary/aromatic N) is 3. The maximum absolute atomic E-state index is 5.24. The highest BCUT2D eigenvalue weighted by Gasteiger charge is 2.19. The number of halogens is 1. The van der Waals surface area contributed by atoms with E-state index in [1.807, 2.05) is 41.0 Å². The molecule has 1 N–H and O–H groups in total. The van der Waals surface area contributed by atoms with Crippen molar-refractivity contribution >= 4 is 34.1 Å². The molecule has 0 atom stereocenters. The van der Waals surface area contributed by atoms with Crippen LogP contribution in [0.2, 0.25) is 0 Å². The molecule has 0 aliphatic heterocycles. The summed E-state index contributed by atoms with van der Waals surface area (Å²) in [5, 5.41) is 8.45. The largest absolute Gasteiger partial charge is 0.497 e. The van der Waals surface area contributed by atoms with Crippen molar-refractivity contribution in [2.24, 2.45) is 0 Å². The fourth-order valence-electron chi connectivity index (χ4n) is 3.24. The predicted octanol–water partition coefficient (Wildman–Crippen LogP) is 4.36. The molecular formula is C18H19IN4O. The summed E-state index contributed by atoms with van der Waals surface area (Å²) < 4.78 is 8.23. The van der Waals surface area contributed by atoms with Crippen molar-refractivity contribution in [1.82, 2.24) is 14.6 Å². The van der Waals surface area contributed by atoms with Crippen molar-refractivity contribution in [1.29, 1.82) is 0 Å². The van der Waals surface area contributed by atoms with Gasteiger partial charge in [-0.1, -0.05) is 12.8 Å². The van der Waals surface area contributed by atoms with Crippen molar-refractivity contribution in [2.45, 2.75) is 31.7 Å². The van der Waals surface area contributed by atoms with Crippen molar-refractivity contribution in [3.63, 3.8) is 0 Å². The van der Waals surface area contributed by atoms with E-state index in [1.54, 1.807) is 7.11 Å². The number of rotatable bonds is 4. The number of benzene rings is 1. The molecule has 124 valence electrons. The van der Waals surface area contributed by atoms with Crippen molar-refractivity contribution < 1.29 is 4.74 Å². The van der Waals surface area contributed by atoms with Gasteiger partial charge in [-0.3, -0.25) is 0 Å². The molecule has 4 rings (SSSR count). The Labute approximate surface area is 154 Å². The zero-order valence-corrected chi connectivity index (χ0v) is 15.7. The number of fused-ring (bicyclic) bond motifs is 1. The van der Waals surface area contributed by atoms with Gasteiger partial charge in [0.15, 0.2) is 5.65 Å². The first-order valence-electron chi connectivity index (χ1n) is 8.20. The summed E-state index contributed by atoms with van der Waals surface area (Å²) in [6.45, 7) is 0. The van der Waals surface area contributed by atoms with Crippen LogP contribution in [0.25, 0.3) is 16.9 Å². The SMILES string of the molecule is COc1ccc(-c2nn3c(NC4CCCC4)ccnc3c2I)cc1. The molecule has 0 amide bonds. The van der Waals surface area contributed by atoms with Crippen molar-refractivity contribution in [3.8, 4) is 17.0 Å². The van der Waals surface area contributed by atoms with Gasteiger partial charge >= 0.3 is 0 Å². The van der Waals surface area contributed by atoms with Gasteiger partial charge in [0.1, 0.15) is 17.3 Å². The van der Waals surface area contributed by atoms with Crippen LogP contribution in [0.4, 0.5) is 5.82 Å². The lowest BCUT2D eigenvalue weighted by Crippen LogP contribution is -2.17. The highest BCUT2D eigenvalue weighted by Crippen LogP contribution is 2.30. The zero-order chi connectivity index (χ0) is 16.5. The van der Waals surface area contributed by atoms with Gasteiger partial charge in [0.2, 0.25) is 0 Å². The highest BCUT2D eigenvalue weighted by atomic mass is 127. The van der Waals surface area contributed by atoms with Crippen LogP contribution in [0.15, 0.2) is 36.5 Å². The Morgan fingerprint density at radius 2 is 1.92 bits per heavy atom. The first-order chi connectivity index (χ1) is 11.8. The Kier molecular flexibility index (Phi) is 4.30. The number of ether oxygens (including phenoxy) is 1. The van der Waals surface area contributed by atoms with Gasteiger partial charge in [0, 0.05) is 17.8 Å². The summed E-state index contributed by atoms with van der Waals surface area (Å²) >= 11 is 2.33. The minimum atomic E-state index is 0.543. The highest BCUT2D eigenvalue weighted by molar-refractivity contribution is 14.1. The molecule has 0 unspecified atom stereocenters. The third-order valence-electron chi connectivity index (χ3n) is 4.53. The summed E-state index contributed by atoms with van der Waals surface area (Å²) in [7, 11) is 1.68. The Balaban J connectivity index is 1.75. The van der Waals surface area contributed by atoms with Crippen LogP contribution in [0.1, 0.15) is 25.7 Å². The van der Waals surface area contributed by atoms with E-state index in [9.17, 15) is 0 Å². The van der Waals surface area contributed by atoms with E-state index in [0.29, 0.717) is 6.04 Å². The van der Waals surface area contributed by atoms with Crippen LogP contribution >= 0.6 is 22.6 Å². The van der Waals surface area contributed by atoms with E-state index in [1.165, 1.54) is 25.7 Å². The Hall–Kier alpha value is -1.83. The van der Waals surface area contributed by atoms with Gasteiger partial charge < -0.3 is 10.1 Å². The smallest absolute Gasteiger partial charge is 0.171 e. The lowest BCUT2D eigenvalue weighted by molar-refractivity contribution is 0.415. The molecule has 1 fully saturated rings. The average molecular weight is 434 g/mol. The number of hydrogen-bond acceptors (Lipinski definition) is 4. The third-order valence-corrected chi connectivity index (χ3v) is 5.53. The van der Waals surface area contributed by atoms with Crippen molar-refractivity contribution in [2.75, 3.05) is 12.4 Å². The maximum Gasteiger partial charge on any atom is 0.171 e. The first-order valence-corrected chi connectivity index (χ1v) is 9.28. The topological polar surface area (TPSA) is 51.5 Å². The molecule has 1 saturated carbocycles. The van der Waals surface area contributed by atoms with E-state index < -0.39 is 0 Å². The molecule has 1 aliphatic rings. The zero-order valence-electron chi connectivity index (χ0n) is 13.5. The van der Waals surface area contributed by atoms with Crippen LogP contribution in [-0.2, 0) is 0 Å². The standard InChI is InChI=1S/C18H19IN4O/c1-24-14-8-6-12(7-9-14)17-16(19)18-20-11-10-15(23(18)22-17)21-13-4-2-3-5-13/h6-11,13,21H,2-5H2,1H3. The molecule has 2 aromatic heterocycles. The quantitative estimate of drug-likeness (QED) is 0.620. The van der Waals surface area contributed by atoms with Gasteiger partial charge in [0.25, 0.3) is 0 Å². The number of anilines is 1. The van der Waals surface area contributed by atoms with Crippen molar-refractivity contribution in [3.05, 3.63) is 40.1 Å². The molecule has 24 heavy (non-hydrogen) atoms. The van der Waals surface area contributed by atoms with Gasteiger partial charge in [-0.25, -0.2) is 4.98 Å². The molecule has 1 aliphatic carbocycles. The molecule has 5 nitrogen and oxygen atoms in total. The minimum absolute atomic E-state index is 0.543. The molecule has 2 heterocycles. The van der Waals surface area contributed by atoms with Crippen LogP contribution in [0, 0.1) is 3.57 Å². The second-order valence-electron chi connectivity index (χ2n) is 6.08. The Morgan fingerprint density at radius 3 is 2.62 bits per heavy atom. The van der Waals surface area contributed by atoms with Gasteiger partial charge in [-0.2, -0.15) is 9.61 Å². The molecule has 3 aromatic rings. The molecule has 6 heteroatoms. The lowest BCUT2D eigenvalue weighted by atomic mass is 10.1. The van der Waals surface area contributed by atoms with Gasteiger partial charge in [-0.15, -0.1) is 0 Å². The van der Waals surface area contributed by atoms with E-state index in [0.717, 1.165) is 32.0 Å². The van der Waals surface area contributed by atoms with Gasteiger partial charge in [0.05, 0.1) is 10.7 Å². The molecule has 0 bridgehead atoms. The Morgan fingerprint density at radius 1 is 1.17 bits per heavy atom. The summed E-state index contributed by atoms with van der Waals surface area (Å²) in [6, 6.07) is 10.5. The van der Waals surface area contributed by atoms with E-state index >= 15 is 0 Å². The van der Waals surface area contributed by atoms with E-state index in [4.69, 9.17) is 9.84 Å². The molecule has 1 aromatic carbocycles. The first kappa shape index (κ1) is 15.7. The average Bonchev–Trinajstić information content (AvgIpc) is 3.24. The summed E-state index contributed by atoms with van der Waals surface area (Å²) in [5.74, 6) is 1.86. The Bertz CT molecular complexity index is 853. The third kappa shape index (κ3) is 2.83. The van der Waals surface area contributed by atoms with E-state index in [2.05, 4.69) is 32.9 Å². The van der Waals surface area contributed by atoms with Crippen LogP contribution < -0.4 is 10.1 Å². The van der Waals surface area contributed by atoms with Crippen LogP contribution in [-0.4, -0.2) is 27.7 Å². The number of aromatic nitrogens is 3. The lowest BCUT2D eigenvalue weighted by Gasteiger charge is -2.13. The number of nitrogens with one attached hydrogen (secondary N) is 1. The molecule has 0 saturated heterocycles. The fourth-order valence-corrected chi connectivity index (χ4v) is 4.03.